The highest BCUT2D eigenvalue weighted by atomic mass is 16.6. The maximum atomic E-state index is 12.6. The molecule has 3 aromatic carbocycles. The first kappa shape index (κ1) is 17.3. The Bertz CT molecular complexity index is 1080. The topological polar surface area (TPSA) is 110 Å². The van der Waals surface area contributed by atoms with Crippen LogP contribution in [0, 0.1) is 0 Å². The molecule has 0 aliphatic heterocycles. The molecule has 0 spiro atoms. The van der Waals surface area contributed by atoms with Crippen LogP contribution in [0.4, 0.5) is 0 Å². The van der Waals surface area contributed by atoms with Gasteiger partial charge in [-0.25, -0.2) is 14.4 Å². The number of carbonyl (C=O) groups is 3. The first-order valence-electron chi connectivity index (χ1n) is 8.50. The second kappa shape index (κ2) is 8.05. The molecule has 0 saturated heterocycles. The number of carboxylic acids is 1. The lowest BCUT2D eigenvalue weighted by molar-refractivity contribution is 0.0681. The predicted octanol–water partition coefficient (Wildman–Crippen LogP) is 3.53. The summed E-state index contributed by atoms with van der Waals surface area (Å²) in [6, 6.07) is 17.5. The van der Waals surface area contributed by atoms with Crippen LogP contribution in [0.3, 0.4) is 0 Å². The average Bonchev–Trinajstić information content (AvgIpc) is 2.74. The number of aromatic carboxylic acids is 1. The van der Waals surface area contributed by atoms with Gasteiger partial charge in [0.25, 0.3) is 1.43 Å². The van der Waals surface area contributed by atoms with Crippen molar-refractivity contribution in [3.63, 3.8) is 0 Å². The third-order valence-electron chi connectivity index (χ3n) is 3.74. The van der Waals surface area contributed by atoms with E-state index in [0.717, 1.165) is 0 Å². The van der Waals surface area contributed by atoms with Gasteiger partial charge < -0.3 is 19.7 Å². The Morgan fingerprint density at radius 2 is 1.14 bits per heavy atom. The highest BCUT2D eigenvalue weighted by molar-refractivity contribution is 5.99. The molecule has 3 rings (SSSR count). The van der Waals surface area contributed by atoms with E-state index in [9.17, 15) is 19.5 Å². The zero-order valence-electron chi connectivity index (χ0n) is 15.3. The van der Waals surface area contributed by atoms with Crippen molar-refractivity contribution in [2.24, 2.45) is 0 Å². The van der Waals surface area contributed by atoms with Crippen LogP contribution in [0.25, 0.3) is 0 Å². The Labute approximate surface area is 160 Å². The van der Waals surface area contributed by atoms with Gasteiger partial charge in [-0.1, -0.05) is 36.4 Å². The summed E-state index contributed by atoms with van der Waals surface area (Å²) in [5, 5.41) is 13.6. The maximum Gasteiger partial charge on any atom is 0.347 e. The van der Waals surface area contributed by atoms with Gasteiger partial charge >= 0.3 is 17.9 Å². The summed E-state index contributed by atoms with van der Waals surface area (Å²) in [4.78, 5) is 36.3. The molecule has 3 aromatic rings. The van der Waals surface area contributed by atoms with Crippen LogP contribution in [-0.2, 0) is 0 Å². The van der Waals surface area contributed by atoms with E-state index < -0.39 is 17.9 Å². The third-order valence-corrected chi connectivity index (χ3v) is 3.74. The summed E-state index contributed by atoms with van der Waals surface area (Å²) in [5.74, 6) is -3.21. The van der Waals surface area contributed by atoms with Crippen LogP contribution in [0.2, 0.25) is 0 Å². The number of rotatable bonds is 6. The molecule has 2 N–H and O–H groups in total. The first-order valence-corrected chi connectivity index (χ1v) is 8.09. The summed E-state index contributed by atoms with van der Waals surface area (Å²) in [6.07, 6.45) is 0. The number of hydrogen-bond donors (Lipinski definition) is 2. The second-order valence-corrected chi connectivity index (χ2v) is 5.57. The van der Waals surface area contributed by atoms with Crippen molar-refractivity contribution in [3.8, 4) is 17.2 Å². The predicted molar refractivity (Wildman–Crippen MR) is 97.9 cm³/mol. The fourth-order valence-electron chi connectivity index (χ4n) is 2.40. The molecule has 0 fully saturated rings. The monoisotopic (exact) mass is 379 g/mol. The van der Waals surface area contributed by atoms with E-state index in [1.54, 1.807) is 18.2 Å². The number of carboxylic acid groups (broad SMARTS) is 1. The average molecular weight is 379 g/mol. The Balaban J connectivity index is 1.87. The quantitative estimate of drug-likeness (QED) is 0.498. The SMILES string of the molecule is [2H]Oc1ccccc1C(=O)Oc1ccccc1C(=O)Oc1ccccc1C(=O)O. The van der Waals surface area contributed by atoms with Gasteiger partial charge in [0.15, 0.2) is 0 Å². The lowest BCUT2D eigenvalue weighted by Crippen LogP contribution is -2.15. The van der Waals surface area contributed by atoms with Crippen LogP contribution in [0.15, 0.2) is 72.8 Å². The highest BCUT2D eigenvalue weighted by Crippen LogP contribution is 2.25. The van der Waals surface area contributed by atoms with Gasteiger partial charge in [0.1, 0.15) is 33.9 Å². The molecule has 0 unspecified atom stereocenters. The molecule has 0 atom stereocenters. The molecule has 0 aliphatic rings. The smallest absolute Gasteiger partial charge is 0.347 e. The van der Waals surface area contributed by atoms with Crippen molar-refractivity contribution in [1.29, 1.82) is 1.43 Å². The Morgan fingerprint density at radius 1 is 0.679 bits per heavy atom. The van der Waals surface area contributed by atoms with Gasteiger partial charge in [0, 0.05) is 0 Å². The molecule has 28 heavy (non-hydrogen) atoms. The van der Waals surface area contributed by atoms with Crippen LogP contribution in [0.1, 0.15) is 31.1 Å². The number of ether oxygens (including phenoxy) is 2. The van der Waals surface area contributed by atoms with Gasteiger partial charge in [-0.2, -0.15) is 0 Å². The molecular weight excluding hydrogens is 364 g/mol. The lowest BCUT2D eigenvalue weighted by Gasteiger charge is -2.11. The Morgan fingerprint density at radius 3 is 1.75 bits per heavy atom. The molecule has 7 heteroatoms. The second-order valence-electron chi connectivity index (χ2n) is 5.57. The van der Waals surface area contributed by atoms with Crippen molar-refractivity contribution in [3.05, 3.63) is 89.5 Å². The minimum absolute atomic E-state index is 0.00175. The van der Waals surface area contributed by atoms with Crippen molar-refractivity contribution in [1.82, 2.24) is 0 Å². The van der Waals surface area contributed by atoms with E-state index >= 15 is 0 Å². The van der Waals surface area contributed by atoms with Gasteiger partial charge in [-0.15, -0.1) is 0 Å². The zero-order chi connectivity index (χ0) is 20.8. The van der Waals surface area contributed by atoms with Crippen molar-refractivity contribution < 1.29 is 34.1 Å². The molecule has 0 radical (unpaired) electrons. The lowest BCUT2D eigenvalue weighted by atomic mass is 10.1. The van der Waals surface area contributed by atoms with Gasteiger partial charge in [-0.3, -0.25) is 0 Å². The minimum atomic E-state index is -1.25. The number of phenolic OH excluding ortho intramolecular Hbond substituents is 1. The fraction of sp³-hybridized carbons (Fsp3) is 0. The number of esters is 2. The van der Waals surface area contributed by atoms with Gasteiger partial charge in [-0.05, 0) is 36.4 Å². The summed E-state index contributed by atoms with van der Waals surface area (Å²) in [7, 11) is 0. The van der Waals surface area contributed by atoms with E-state index in [-0.39, 0.29) is 33.9 Å². The van der Waals surface area contributed by atoms with E-state index in [4.69, 9.17) is 10.9 Å². The standard InChI is InChI=1S/C21H14O7/c22-16-10-4-1-7-13(16)20(25)28-18-12-6-3-9-15(18)21(26)27-17-11-5-2-8-14(17)19(23)24/h1-12,22H,(H,23,24)/i/hD. The molecule has 0 amide bonds. The van der Waals surface area contributed by atoms with E-state index in [1.807, 2.05) is 0 Å². The zero-order valence-corrected chi connectivity index (χ0v) is 14.3. The molecule has 0 aliphatic carbocycles. The van der Waals surface area contributed by atoms with Crippen molar-refractivity contribution in [2.45, 2.75) is 0 Å². The number of para-hydroxylation sites is 3. The summed E-state index contributed by atoms with van der Waals surface area (Å²) < 4.78 is 17.5. The molecular formula is C21H14O7. The third kappa shape index (κ3) is 3.99. The normalized spacial score (nSPS) is 10.5. The first-order chi connectivity index (χ1) is 14.0. The van der Waals surface area contributed by atoms with Crippen molar-refractivity contribution >= 4 is 17.9 Å². The Kier molecular flexibility index (Phi) is 4.97. The molecule has 7 nitrogen and oxygen atoms in total. The number of hydrogen-bond acceptors (Lipinski definition) is 6. The van der Waals surface area contributed by atoms with E-state index in [1.165, 1.54) is 54.6 Å². The summed E-state index contributed by atoms with van der Waals surface area (Å²) in [5.41, 5.74) is -0.260. The van der Waals surface area contributed by atoms with E-state index in [0.29, 0.717) is 0 Å². The molecule has 140 valence electrons. The summed E-state index contributed by atoms with van der Waals surface area (Å²) in [6.45, 7) is 0. The largest absolute Gasteiger partial charge is 0.507 e. The Hall–Kier alpha value is -4.13. The van der Waals surface area contributed by atoms with Crippen LogP contribution >= 0.6 is 0 Å². The number of benzene rings is 3. The fourth-order valence-corrected chi connectivity index (χ4v) is 2.40. The van der Waals surface area contributed by atoms with Crippen LogP contribution < -0.4 is 9.47 Å². The number of carbonyl (C=O) groups excluding carboxylic acids is 2. The summed E-state index contributed by atoms with van der Waals surface area (Å²) >= 11 is 0. The van der Waals surface area contributed by atoms with Gasteiger partial charge in [0.05, 0.1) is 0 Å². The van der Waals surface area contributed by atoms with Crippen LogP contribution in [-0.4, -0.2) is 29.6 Å². The van der Waals surface area contributed by atoms with Crippen LogP contribution in [0.5, 0.6) is 17.2 Å². The molecule has 0 saturated carbocycles. The number of phenols is 1. The maximum absolute atomic E-state index is 12.6. The highest BCUT2D eigenvalue weighted by Gasteiger charge is 2.21. The van der Waals surface area contributed by atoms with E-state index in [2.05, 4.69) is 5.11 Å². The van der Waals surface area contributed by atoms with Crippen molar-refractivity contribution in [2.75, 3.05) is 0 Å². The minimum Gasteiger partial charge on any atom is -0.507 e. The molecule has 0 heterocycles. The number of aromatic hydroxyl groups is 1. The molecule has 0 aromatic heterocycles. The van der Waals surface area contributed by atoms with Gasteiger partial charge in [0.2, 0.25) is 0 Å². The molecule has 0 bridgehead atoms.